The van der Waals surface area contributed by atoms with E-state index >= 15 is 0 Å². The fourth-order valence-electron chi connectivity index (χ4n) is 1.07. The Balaban J connectivity index is 2.83. The van der Waals surface area contributed by atoms with E-state index in [4.69, 9.17) is 17.4 Å². The van der Waals surface area contributed by atoms with Gasteiger partial charge in [-0.15, -0.1) is 0 Å². The van der Waals surface area contributed by atoms with Gasteiger partial charge in [-0.1, -0.05) is 20.8 Å². The first-order valence-corrected chi connectivity index (χ1v) is 5.03. The van der Waals surface area contributed by atoms with Gasteiger partial charge < -0.3 is 0 Å². The number of hydrazine groups is 1. The van der Waals surface area contributed by atoms with Gasteiger partial charge in [-0.05, 0) is 18.1 Å². The molecule has 1 atom stereocenters. The minimum atomic E-state index is -0.303. The number of aliphatic imine (C=N–C) groups is 2. The molecule has 0 amide bonds. The summed E-state index contributed by atoms with van der Waals surface area (Å²) in [4.78, 5) is 8.43. The molecule has 0 radical (unpaired) electrons. The van der Waals surface area contributed by atoms with Crippen LogP contribution in [0.5, 0.6) is 0 Å². The molecule has 0 aromatic carbocycles. The summed E-state index contributed by atoms with van der Waals surface area (Å²) in [6, 6.07) is 0. The summed E-state index contributed by atoms with van der Waals surface area (Å²) in [6.45, 7) is 6.79. The van der Waals surface area contributed by atoms with E-state index in [0.717, 1.165) is 12.4 Å². The van der Waals surface area contributed by atoms with E-state index in [1.54, 1.807) is 0 Å². The van der Waals surface area contributed by atoms with Crippen LogP contribution >= 0.6 is 11.6 Å². The molecule has 1 heterocycles. The number of amidine groups is 2. The van der Waals surface area contributed by atoms with Crippen LogP contribution < -0.4 is 11.2 Å². The molecule has 3 N–H and O–H groups in total. The van der Waals surface area contributed by atoms with E-state index in [9.17, 15) is 0 Å². The van der Waals surface area contributed by atoms with Crippen LogP contribution in [0, 0.1) is 5.92 Å². The summed E-state index contributed by atoms with van der Waals surface area (Å²) in [5.74, 6) is 6.65. The molecule has 0 aliphatic carbocycles. The molecule has 6 heteroatoms. The van der Waals surface area contributed by atoms with Crippen molar-refractivity contribution in [2.75, 3.05) is 6.54 Å². The summed E-state index contributed by atoms with van der Waals surface area (Å²) in [6.07, 6.45) is -0.303. The second kappa shape index (κ2) is 4.72. The predicted octanol–water partition coefficient (Wildman–Crippen LogP) is 0.718. The van der Waals surface area contributed by atoms with Gasteiger partial charge in [-0.25, -0.2) is 20.8 Å². The summed E-state index contributed by atoms with van der Waals surface area (Å²) < 4.78 is 0. The molecule has 1 aliphatic heterocycles. The summed E-state index contributed by atoms with van der Waals surface area (Å²) in [5, 5.41) is 4.69. The largest absolute Gasteiger partial charge is 0.278 e. The molecule has 0 saturated heterocycles. The third-order valence-corrected chi connectivity index (χ3v) is 2.12. The lowest BCUT2D eigenvalue weighted by Crippen LogP contribution is -2.53. The molecule has 1 rings (SSSR count). The van der Waals surface area contributed by atoms with Crippen molar-refractivity contribution in [2.45, 2.75) is 27.1 Å². The maximum Gasteiger partial charge on any atom is 0.217 e. The lowest BCUT2D eigenvalue weighted by Gasteiger charge is -2.29. The average molecular weight is 218 g/mol. The zero-order chi connectivity index (χ0) is 10.7. The summed E-state index contributed by atoms with van der Waals surface area (Å²) in [7, 11) is 0. The standard InChI is InChI=1S/C8H16ClN5/c1-4-11-8-13-6(5(2)3)12-7(9)14(8)10/h5,8,11H,4,10H2,1-3H3. The van der Waals surface area contributed by atoms with Gasteiger partial charge in [0, 0.05) is 5.92 Å². The Hall–Kier alpha value is -0.650. The number of hydrogen-bond acceptors (Lipinski definition) is 5. The number of nitrogens with zero attached hydrogens (tertiary/aromatic N) is 3. The minimum Gasteiger partial charge on any atom is -0.278 e. The molecule has 80 valence electrons. The molecule has 0 saturated carbocycles. The molecule has 0 aromatic rings. The highest BCUT2D eigenvalue weighted by Crippen LogP contribution is 2.11. The number of nitrogens with two attached hydrogens (primary N) is 1. The van der Waals surface area contributed by atoms with Crippen molar-refractivity contribution < 1.29 is 0 Å². The van der Waals surface area contributed by atoms with Gasteiger partial charge >= 0.3 is 0 Å². The Morgan fingerprint density at radius 2 is 2.29 bits per heavy atom. The molecule has 1 unspecified atom stereocenters. The van der Waals surface area contributed by atoms with Crippen molar-refractivity contribution in [2.24, 2.45) is 21.7 Å². The molecule has 0 aromatic heterocycles. The van der Waals surface area contributed by atoms with Gasteiger partial charge in [-0.3, -0.25) is 5.32 Å². The third kappa shape index (κ3) is 2.43. The predicted molar refractivity (Wildman–Crippen MR) is 59.1 cm³/mol. The molecule has 1 aliphatic rings. The molecule has 0 fully saturated rings. The van der Waals surface area contributed by atoms with Crippen LogP contribution in [0.4, 0.5) is 0 Å². The zero-order valence-corrected chi connectivity index (χ0v) is 9.41. The first-order valence-electron chi connectivity index (χ1n) is 4.65. The lowest BCUT2D eigenvalue weighted by atomic mass is 10.2. The van der Waals surface area contributed by atoms with Crippen LogP contribution in [0.2, 0.25) is 0 Å². The number of nitrogens with one attached hydrogen (secondary N) is 1. The smallest absolute Gasteiger partial charge is 0.217 e. The first-order chi connectivity index (χ1) is 6.56. The fraction of sp³-hybridized carbons (Fsp3) is 0.750. The topological polar surface area (TPSA) is 66.0 Å². The summed E-state index contributed by atoms with van der Waals surface area (Å²) in [5.41, 5.74) is 0. The quantitative estimate of drug-likeness (QED) is 0.541. The highest BCUT2D eigenvalue weighted by molar-refractivity contribution is 6.65. The highest BCUT2D eigenvalue weighted by atomic mass is 35.5. The Morgan fingerprint density at radius 3 is 2.79 bits per heavy atom. The third-order valence-electron chi connectivity index (χ3n) is 1.84. The van der Waals surface area contributed by atoms with Crippen LogP contribution in [0.1, 0.15) is 20.8 Å². The van der Waals surface area contributed by atoms with Crippen molar-refractivity contribution in [1.82, 2.24) is 10.3 Å². The van der Waals surface area contributed by atoms with E-state index in [2.05, 4.69) is 15.3 Å². The monoisotopic (exact) mass is 217 g/mol. The summed E-state index contributed by atoms with van der Waals surface area (Å²) >= 11 is 5.87. The van der Waals surface area contributed by atoms with E-state index in [1.165, 1.54) is 5.01 Å². The van der Waals surface area contributed by atoms with Gasteiger partial charge in [-0.2, -0.15) is 0 Å². The van der Waals surface area contributed by atoms with Crippen LogP contribution in [-0.2, 0) is 0 Å². The first kappa shape index (κ1) is 11.4. The minimum absolute atomic E-state index is 0.249. The van der Waals surface area contributed by atoms with Crippen molar-refractivity contribution in [1.29, 1.82) is 0 Å². The number of hydrogen-bond donors (Lipinski definition) is 2. The Morgan fingerprint density at radius 1 is 1.64 bits per heavy atom. The molecular formula is C8H16ClN5. The second-order valence-electron chi connectivity index (χ2n) is 3.36. The number of halogens is 1. The normalized spacial score (nSPS) is 22.4. The van der Waals surface area contributed by atoms with Crippen LogP contribution in [0.3, 0.4) is 0 Å². The molecular weight excluding hydrogens is 202 g/mol. The van der Waals surface area contributed by atoms with Crippen LogP contribution in [0.15, 0.2) is 9.98 Å². The fourth-order valence-corrected chi connectivity index (χ4v) is 1.25. The van der Waals surface area contributed by atoms with Crippen molar-refractivity contribution in [3.05, 3.63) is 0 Å². The van der Waals surface area contributed by atoms with E-state index < -0.39 is 0 Å². The van der Waals surface area contributed by atoms with E-state index in [1.807, 2.05) is 20.8 Å². The van der Waals surface area contributed by atoms with Gasteiger partial charge in [0.25, 0.3) is 0 Å². The van der Waals surface area contributed by atoms with Gasteiger partial charge in [0.2, 0.25) is 5.29 Å². The SMILES string of the molecule is CCNC1N=C(C(C)C)N=C(Cl)N1N. The number of rotatable bonds is 3. The van der Waals surface area contributed by atoms with Crippen molar-refractivity contribution in [3.63, 3.8) is 0 Å². The Bertz CT molecular complexity index is 260. The van der Waals surface area contributed by atoms with Crippen LogP contribution in [-0.4, -0.2) is 29.0 Å². The highest BCUT2D eigenvalue weighted by Gasteiger charge is 2.22. The lowest BCUT2D eigenvalue weighted by molar-refractivity contribution is 0.281. The molecule has 0 bridgehead atoms. The zero-order valence-electron chi connectivity index (χ0n) is 8.66. The molecule has 14 heavy (non-hydrogen) atoms. The van der Waals surface area contributed by atoms with Crippen LogP contribution in [0.25, 0.3) is 0 Å². The maximum atomic E-state index is 5.87. The average Bonchev–Trinajstić information content (AvgIpc) is 2.12. The van der Waals surface area contributed by atoms with Crippen molar-refractivity contribution in [3.8, 4) is 0 Å². The Labute approximate surface area is 89.0 Å². The van der Waals surface area contributed by atoms with E-state index in [-0.39, 0.29) is 17.5 Å². The van der Waals surface area contributed by atoms with Gasteiger partial charge in [0.1, 0.15) is 5.84 Å². The maximum absolute atomic E-state index is 5.87. The Kier molecular flexibility index (Phi) is 3.86. The second-order valence-corrected chi connectivity index (χ2v) is 3.70. The van der Waals surface area contributed by atoms with E-state index in [0.29, 0.717) is 0 Å². The molecule has 5 nitrogen and oxygen atoms in total. The van der Waals surface area contributed by atoms with Gasteiger partial charge in [0.05, 0.1) is 0 Å². The van der Waals surface area contributed by atoms with Gasteiger partial charge in [0.15, 0.2) is 6.29 Å². The van der Waals surface area contributed by atoms with Crippen molar-refractivity contribution >= 4 is 22.7 Å². The molecule has 0 spiro atoms.